The molecule has 1 aromatic rings. The molecule has 158 valence electrons. The molecule has 2 N–H and O–H groups in total. The molecule has 0 radical (unpaired) electrons. The van der Waals surface area contributed by atoms with E-state index in [2.05, 4.69) is 51.2 Å². The summed E-state index contributed by atoms with van der Waals surface area (Å²) < 4.78 is 8.41. The quantitative estimate of drug-likeness (QED) is 0.597. The van der Waals surface area contributed by atoms with E-state index in [9.17, 15) is 0 Å². The Morgan fingerprint density at radius 3 is 2.82 bits per heavy atom. The van der Waals surface area contributed by atoms with Gasteiger partial charge in [-0.2, -0.15) is 0 Å². The second kappa shape index (κ2) is 9.72. The lowest BCUT2D eigenvalue weighted by molar-refractivity contribution is -0.0835. The highest BCUT2D eigenvalue weighted by Gasteiger charge is 2.35. The summed E-state index contributed by atoms with van der Waals surface area (Å²) in [6.45, 7) is 10.4. The van der Waals surface area contributed by atoms with Crippen LogP contribution in [0, 0.1) is 11.3 Å². The van der Waals surface area contributed by atoms with Gasteiger partial charge in [-0.15, -0.1) is 10.2 Å². The number of nitrogens with zero attached hydrogens (tertiary/aromatic N) is 4. The Bertz CT molecular complexity index is 648. The van der Waals surface area contributed by atoms with Crippen molar-refractivity contribution in [3.63, 3.8) is 0 Å². The number of aromatic nitrogens is 3. The highest BCUT2D eigenvalue weighted by atomic mass is 16.5. The monoisotopic (exact) mass is 390 g/mol. The average Bonchev–Trinajstić information content (AvgIpc) is 2.90. The Balaban J connectivity index is 1.47. The van der Waals surface area contributed by atoms with E-state index in [-0.39, 0.29) is 5.41 Å². The molecule has 0 bridgehead atoms. The van der Waals surface area contributed by atoms with E-state index < -0.39 is 0 Å². The summed E-state index contributed by atoms with van der Waals surface area (Å²) >= 11 is 0. The van der Waals surface area contributed by atoms with Crippen molar-refractivity contribution in [1.82, 2.24) is 25.4 Å². The molecule has 1 aromatic heterocycles. The molecule has 3 heterocycles. The predicted molar refractivity (Wildman–Crippen MR) is 113 cm³/mol. The summed E-state index contributed by atoms with van der Waals surface area (Å²) in [5.41, 5.74) is 0.162. The van der Waals surface area contributed by atoms with E-state index in [0.29, 0.717) is 12.0 Å². The summed E-state index contributed by atoms with van der Waals surface area (Å²) in [4.78, 5) is 4.39. The van der Waals surface area contributed by atoms with Crippen LogP contribution < -0.4 is 10.6 Å². The Kier molecular flexibility index (Phi) is 7.32. The van der Waals surface area contributed by atoms with Crippen molar-refractivity contribution >= 4 is 5.96 Å². The van der Waals surface area contributed by atoms with Crippen molar-refractivity contribution in [1.29, 1.82) is 0 Å². The van der Waals surface area contributed by atoms with E-state index in [4.69, 9.17) is 4.74 Å². The maximum atomic E-state index is 6.10. The Morgan fingerprint density at radius 1 is 1.18 bits per heavy atom. The number of rotatable bonds is 5. The third kappa shape index (κ3) is 5.46. The highest BCUT2D eigenvalue weighted by molar-refractivity contribution is 5.79. The van der Waals surface area contributed by atoms with Gasteiger partial charge in [-0.25, -0.2) is 0 Å². The fraction of sp³-hybridized carbons (Fsp3) is 0.857. The van der Waals surface area contributed by atoms with Gasteiger partial charge in [-0.05, 0) is 31.1 Å². The van der Waals surface area contributed by atoms with E-state index in [1.54, 1.807) is 0 Å². The lowest BCUT2D eigenvalue weighted by Crippen LogP contribution is -2.47. The molecular weight excluding hydrogens is 352 g/mol. The first-order valence-electron chi connectivity index (χ1n) is 11.0. The summed E-state index contributed by atoms with van der Waals surface area (Å²) in [5, 5.41) is 15.8. The van der Waals surface area contributed by atoms with Gasteiger partial charge in [-0.1, -0.05) is 27.2 Å². The van der Waals surface area contributed by atoms with Crippen LogP contribution in [0.1, 0.15) is 64.5 Å². The van der Waals surface area contributed by atoms with Crippen LogP contribution in [0.2, 0.25) is 0 Å². The van der Waals surface area contributed by atoms with Crippen LogP contribution in [-0.4, -0.2) is 53.6 Å². The molecule has 7 heteroatoms. The van der Waals surface area contributed by atoms with Crippen molar-refractivity contribution in [2.24, 2.45) is 16.3 Å². The SMILES string of the molecule is CN=C(NCCc1nnc2n1CCCCC2)NCC1CCCOC1C(C)(C)C. The van der Waals surface area contributed by atoms with Gasteiger partial charge in [0.05, 0.1) is 6.10 Å². The van der Waals surface area contributed by atoms with Gasteiger partial charge in [0.25, 0.3) is 0 Å². The second-order valence-corrected chi connectivity index (χ2v) is 9.18. The minimum Gasteiger partial charge on any atom is -0.377 e. The van der Waals surface area contributed by atoms with Gasteiger partial charge in [-0.3, -0.25) is 4.99 Å². The fourth-order valence-electron chi connectivity index (χ4n) is 4.48. The lowest BCUT2D eigenvalue weighted by Gasteiger charge is -2.40. The normalized spacial score (nSPS) is 23.8. The van der Waals surface area contributed by atoms with Crippen molar-refractivity contribution in [2.45, 2.75) is 78.4 Å². The number of ether oxygens (including phenoxy) is 1. The molecule has 1 fully saturated rings. The Morgan fingerprint density at radius 2 is 2.04 bits per heavy atom. The highest BCUT2D eigenvalue weighted by Crippen LogP contribution is 2.33. The second-order valence-electron chi connectivity index (χ2n) is 9.18. The van der Waals surface area contributed by atoms with Crippen LogP contribution in [0.25, 0.3) is 0 Å². The number of hydrogen-bond acceptors (Lipinski definition) is 4. The molecule has 2 atom stereocenters. The van der Waals surface area contributed by atoms with Gasteiger partial charge >= 0.3 is 0 Å². The van der Waals surface area contributed by atoms with Gasteiger partial charge < -0.3 is 19.9 Å². The zero-order valence-corrected chi connectivity index (χ0v) is 18.1. The van der Waals surface area contributed by atoms with Crippen molar-refractivity contribution in [3.05, 3.63) is 11.6 Å². The number of hydrogen-bond donors (Lipinski definition) is 2. The maximum absolute atomic E-state index is 6.10. The minimum absolute atomic E-state index is 0.162. The van der Waals surface area contributed by atoms with Crippen LogP contribution in [0.4, 0.5) is 0 Å². The van der Waals surface area contributed by atoms with E-state index >= 15 is 0 Å². The number of nitrogens with one attached hydrogen (secondary N) is 2. The average molecular weight is 391 g/mol. The fourth-order valence-corrected chi connectivity index (χ4v) is 4.48. The molecule has 0 amide bonds. The summed E-state index contributed by atoms with van der Waals surface area (Å²) in [6.07, 6.45) is 8.31. The zero-order valence-electron chi connectivity index (χ0n) is 18.1. The van der Waals surface area contributed by atoms with Gasteiger partial charge in [0.15, 0.2) is 5.96 Å². The first-order chi connectivity index (χ1) is 13.5. The van der Waals surface area contributed by atoms with E-state index in [0.717, 1.165) is 63.1 Å². The van der Waals surface area contributed by atoms with Crippen molar-refractivity contribution < 1.29 is 4.74 Å². The third-order valence-electron chi connectivity index (χ3n) is 5.88. The maximum Gasteiger partial charge on any atom is 0.191 e. The largest absolute Gasteiger partial charge is 0.377 e. The Hall–Kier alpha value is -1.63. The van der Waals surface area contributed by atoms with Crippen LogP contribution in [0.5, 0.6) is 0 Å². The minimum atomic E-state index is 0.162. The van der Waals surface area contributed by atoms with E-state index in [1.807, 2.05) is 7.05 Å². The molecule has 28 heavy (non-hydrogen) atoms. The molecule has 1 saturated heterocycles. The molecular formula is C21H38N6O. The van der Waals surface area contributed by atoms with Crippen LogP contribution >= 0.6 is 0 Å². The smallest absolute Gasteiger partial charge is 0.191 e. The molecule has 0 spiro atoms. The first kappa shape index (κ1) is 21.1. The number of aliphatic imine (C=N–C) groups is 1. The molecule has 2 unspecified atom stereocenters. The predicted octanol–water partition coefficient (Wildman–Crippen LogP) is 2.55. The Labute approximate surface area is 169 Å². The zero-order chi connectivity index (χ0) is 20.0. The molecule has 7 nitrogen and oxygen atoms in total. The van der Waals surface area contributed by atoms with Crippen LogP contribution in [-0.2, 0) is 24.1 Å². The number of fused-ring (bicyclic) bond motifs is 1. The molecule has 2 aliphatic rings. The van der Waals surface area contributed by atoms with Gasteiger partial charge in [0.2, 0.25) is 0 Å². The molecule has 0 saturated carbocycles. The number of guanidine groups is 1. The molecule has 0 aliphatic carbocycles. The van der Waals surface area contributed by atoms with Gasteiger partial charge in [0, 0.05) is 52.0 Å². The van der Waals surface area contributed by atoms with Crippen LogP contribution in [0.3, 0.4) is 0 Å². The lowest BCUT2D eigenvalue weighted by atomic mass is 9.78. The van der Waals surface area contributed by atoms with Gasteiger partial charge in [0.1, 0.15) is 11.6 Å². The van der Waals surface area contributed by atoms with Crippen LogP contribution in [0.15, 0.2) is 4.99 Å². The first-order valence-corrected chi connectivity index (χ1v) is 11.0. The van der Waals surface area contributed by atoms with Crippen molar-refractivity contribution in [3.8, 4) is 0 Å². The topological polar surface area (TPSA) is 76.4 Å². The third-order valence-corrected chi connectivity index (χ3v) is 5.88. The standard InChI is InChI=1S/C21H38N6O/c1-21(2,3)19-16(9-8-14-28-19)15-24-20(22-4)23-12-11-18-26-25-17-10-6-5-7-13-27(17)18/h16,19H,5-15H2,1-4H3,(H2,22,23,24). The summed E-state index contributed by atoms with van der Waals surface area (Å²) in [7, 11) is 1.83. The summed E-state index contributed by atoms with van der Waals surface area (Å²) in [5.74, 6) is 3.61. The molecule has 0 aromatic carbocycles. The van der Waals surface area contributed by atoms with E-state index in [1.165, 1.54) is 25.7 Å². The molecule has 3 rings (SSSR count). The summed E-state index contributed by atoms with van der Waals surface area (Å²) in [6, 6.07) is 0. The van der Waals surface area contributed by atoms with Crippen molar-refractivity contribution in [2.75, 3.05) is 26.7 Å². The molecule has 2 aliphatic heterocycles. The number of aryl methyl sites for hydroxylation is 1.